The molecule has 0 aliphatic carbocycles. The fraction of sp³-hybridized carbons (Fsp3) is 0.500. The predicted molar refractivity (Wildman–Crippen MR) is 139 cm³/mol. The number of alkyl halides is 3. The Morgan fingerprint density at radius 3 is 2.56 bits per heavy atom. The standard InChI is InChI=1S/C24H30F3N6O7P/c1-13(2)38-21(35)14(3)32-41(36,40-15-8-6-5-7-9-15)37-10-16-18(34)24(27,22(25)26)23(39-16)33-12-31-17-19(28-4)29-11-30-20(17)33/h5-9,11-14,16,18,22-23,34H,10H2,1-4H3,(H,32,36)(H,28,29,30)/t14?,16-,18-,23-,24+,41?/m1/s1. The van der Waals surface area contributed by atoms with Gasteiger partial charge in [0.2, 0.25) is 5.67 Å². The van der Waals surface area contributed by atoms with Crippen LogP contribution in [-0.2, 0) is 23.4 Å². The van der Waals surface area contributed by atoms with E-state index in [1.165, 1.54) is 19.1 Å². The first-order valence-electron chi connectivity index (χ1n) is 12.5. The molecule has 0 spiro atoms. The zero-order valence-electron chi connectivity index (χ0n) is 22.5. The van der Waals surface area contributed by atoms with Gasteiger partial charge in [-0.2, -0.15) is 5.09 Å². The number of hydrogen-bond donors (Lipinski definition) is 3. The molecule has 2 aromatic heterocycles. The fourth-order valence-corrected chi connectivity index (χ4v) is 5.64. The zero-order valence-corrected chi connectivity index (χ0v) is 23.4. The van der Waals surface area contributed by atoms with Gasteiger partial charge in [-0.3, -0.25) is 13.9 Å². The van der Waals surface area contributed by atoms with Crippen LogP contribution in [0.2, 0.25) is 0 Å². The number of rotatable bonds is 12. The number of carbonyl (C=O) groups is 1. The summed E-state index contributed by atoms with van der Waals surface area (Å²) >= 11 is 0. The number of aliphatic hydroxyl groups excluding tert-OH is 1. The van der Waals surface area contributed by atoms with E-state index in [0.717, 1.165) is 17.2 Å². The average molecular weight is 603 g/mol. The third-order valence-corrected chi connectivity index (χ3v) is 7.75. The predicted octanol–water partition coefficient (Wildman–Crippen LogP) is 3.23. The van der Waals surface area contributed by atoms with Crippen LogP contribution in [0.15, 0.2) is 43.0 Å². The molecule has 41 heavy (non-hydrogen) atoms. The molecule has 0 saturated carbocycles. The quantitative estimate of drug-likeness (QED) is 0.206. The highest BCUT2D eigenvalue weighted by atomic mass is 31.2. The van der Waals surface area contributed by atoms with Crippen molar-refractivity contribution in [1.29, 1.82) is 0 Å². The highest BCUT2D eigenvalue weighted by Crippen LogP contribution is 2.49. The summed E-state index contributed by atoms with van der Waals surface area (Å²) in [5, 5.41) is 15.9. The summed E-state index contributed by atoms with van der Waals surface area (Å²) in [4.78, 5) is 24.4. The maximum Gasteiger partial charge on any atom is 0.459 e. The second-order valence-corrected chi connectivity index (χ2v) is 11.1. The minimum atomic E-state index is -4.47. The van der Waals surface area contributed by atoms with Crippen molar-refractivity contribution in [1.82, 2.24) is 24.6 Å². The fourth-order valence-electron chi connectivity index (χ4n) is 4.13. The second-order valence-electron chi connectivity index (χ2n) is 9.43. The summed E-state index contributed by atoms with van der Waals surface area (Å²) in [7, 11) is -2.92. The van der Waals surface area contributed by atoms with Crippen LogP contribution in [-0.4, -0.2) is 80.7 Å². The number of aliphatic hydroxyl groups is 1. The van der Waals surface area contributed by atoms with E-state index in [1.54, 1.807) is 39.1 Å². The van der Waals surface area contributed by atoms with Gasteiger partial charge in [-0.25, -0.2) is 32.7 Å². The van der Waals surface area contributed by atoms with Crippen molar-refractivity contribution in [2.45, 2.75) is 63.4 Å². The number of nitrogens with zero attached hydrogens (tertiary/aromatic N) is 4. The Kier molecular flexibility index (Phi) is 9.19. The molecule has 3 heterocycles. The van der Waals surface area contributed by atoms with Crippen LogP contribution >= 0.6 is 7.75 Å². The monoisotopic (exact) mass is 602 g/mol. The number of imidazole rings is 1. The number of para-hydroxylation sites is 1. The third-order valence-electron chi connectivity index (χ3n) is 6.11. The molecule has 3 aromatic rings. The van der Waals surface area contributed by atoms with Crippen molar-refractivity contribution in [2.75, 3.05) is 19.0 Å². The Morgan fingerprint density at radius 2 is 1.93 bits per heavy atom. The first kappa shape index (κ1) is 30.7. The normalized spacial score (nSPS) is 24.9. The summed E-state index contributed by atoms with van der Waals surface area (Å²) < 4.78 is 80.5. The number of nitrogens with one attached hydrogen (secondary N) is 2. The molecule has 2 unspecified atom stereocenters. The van der Waals surface area contributed by atoms with E-state index >= 15 is 4.39 Å². The van der Waals surface area contributed by atoms with Gasteiger partial charge in [0.25, 0.3) is 6.43 Å². The molecule has 1 aliphatic rings. The molecule has 224 valence electrons. The first-order chi connectivity index (χ1) is 19.4. The van der Waals surface area contributed by atoms with Gasteiger partial charge >= 0.3 is 13.7 Å². The van der Waals surface area contributed by atoms with Crippen LogP contribution < -0.4 is 14.9 Å². The van der Waals surface area contributed by atoms with Crippen molar-refractivity contribution in [3.63, 3.8) is 0 Å². The first-order valence-corrected chi connectivity index (χ1v) is 14.1. The second kappa shape index (κ2) is 12.3. The van der Waals surface area contributed by atoms with E-state index in [9.17, 15) is 23.2 Å². The topological polar surface area (TPSA) is 159 Å². The Balaban J connectivity index is 1.60. The Morgan fingerprint density at radius 1 is 1.22 bits per heavy atom. The van der Waals surface area contributed by atoms with Gasteiger partial charge in [0, 0.05) is 7.05 Å². The van der Waals surface area contributed by atoms with Crippen molar-refractivity contribution in [2.24, 2.45) is 0 Å². The summed E-state index contributed by atoms with van der Waals surface area (Å²) in [5.74, 6) is -0.437. The molecule has 1 fully saturated rings. The van der Waals surface area contributed by atoms with E-state index < -0.39 is 63.0 Å². The third kappa shape index (κ3) is 6.31. The van der Waals surface area contributed by atoms with Gasteiger partial charge in [-0.1, -0.05) is 18.2 Å². The lowest BCUT2D eigenvalue weighted by Crippen LogP contribution is -2.49. The van der Waals surface area contributed by atoms with Gasteiger partial charge in [-0.15, -0.1) is 0 Å². The van der Waals surface area contributed by atoms with E-state index in [-0.39, 0.29) is 22.7 Å². The number of halogens is 3. The molecule has 0 amide bonds. The van der Waals surface area contributed by atoms with Crippen molar-refractivity contribution >= 4 is 30.7 Å². The van der Waals surface area contributed by atoms with E-state index in [1.807, 2.05) is 0 Å². The Hall–Kier alpha value is -3.30. The number of benzene rings is 1. The smallest absolute Gasteiger partial charge is 0.459 e. The largest absolute Gasteiger partial charge is 0.462 e. The molecule has 1 aromatic carbocycles. The van der Waals surface area contributed by atoms with Gasteiger partial charge < -0.3 is 24.4 Å². The van der Waals surface area contributed by atoms with Crippen molar-refractivity contribution in [3.8, 4) is 5.75 Å². The molecule has 17 heteroatoms. The highest BCUT2D eigenvalue weighted by Gasteiger charge is 2.64. The van der Waals surface area contributed by atoms with Gasteiger partial charge in [0.15, 0.2) is 17.7 Å². The average Bonchev–Trinajstić information content (AvgIpc) is 3.46. The van der Waals surface area contributed by atoms with Gasteiger partial charge in [-0.05, 0) is 32.9 Å². The maximum atomic E-state index is 16.0. The molecule has 13 nitrogen and oxygen atoms in total. The molecule has 0 radical (unpaired) electrons. The lowest BCUT2D eigenvalue weighted by molar-refractivity contribution is -0.149. The molecule has 3 N–H and O–H groups in total. The van der Waals surface area contributed by atoms with Crippen LogP contribution in [0.25, 0.3) is 11.2 Å². The molecular weight excluding hydrogens is 572 g/mol. The molecule has 1 saturated heterocycles. The number of fused-ring (bicyclic) bond motifs is 1. The highest BCUT2D eigenvalue weighted by molar-refractivity contribution is 7.52. The number of aromatic nitrogens is 4. The molecular formula is C24H30F3N6O7P. The van der Waals surface area contributed by atoms with Crippen LogP contribution in [0.5, 0.6) is 5.75 Å². The number of carbonyl (C=O) groups excluding carboxylic acids is 1. The summed E-state index contributed by atoms with van der Waals surface area (Å²) in [6, 6.07) is 6.56. The van der Waals surface area contributed by atoms with Gasteiger partial charge in [0.05, 0.1) is 19.0 Å². The minimum absolute atomic E-state index is 0.0389. The lowest BCUT2D eigenvalue weighted by Gasteiger charge is -2.28. The number of hydrogen-bond acceptors (Lipinski definition) is 11. The molecule has 1 aliphatic heterocycles. The number of esters is 1. The Labute approximate surface area is 233 Å². The van der Waals surface area contributed by atoms with Crippen molar-refractivity contribution < 1.29 is 46.2 Å². The summed E-state index contributed by atoms with van der Waals surface area (Å²) in [6.45, 7) is 3.72. The van der Waals surface area contributed by atoms with Crippen LogP contribution in [0.4, 0.5) is 19.0 Å². The summed E-state index contributed by atoms with van der Waals surface area (Å²) in [6.07, 6.45) is -8.33. The number of anilines is 1. The molecule has 4 rings (SSSR count). The lowest BCUT2D eigenvalue weighted by atomic mass is 9.96. The van der Waals surface area contributed by atoms with Crippen molar-refractivity contribution in [3.05, 3.63) is 43.0 Å². The van der Waals surface area contributed by atoms with E-state index in [2.05, 4.69) is 25.4 Å². The van der Waals surface area contributed by atoms with E-state index in [4.69, 9.17) is 18.5 Å². The number of ether oxygens (including phenoxy) is 2. The maximum absolute atomic E-state index is 16.0. The van der Waals surface area contributed by atoms with Crippen LogP contribution in [0, 0.1) is 0 Å². The SMILES string of the molecule is CNc1ncnc2c1ncn2[C@@H]1O[C@H](COP(=O)(NC(C)C(=O)OC(C)C)Oc2ccccc2)[C@@H](O)[C@]1(F)C(F)F. The zero-order chi connectivity index (χ0) is 29.9. The molecule has 0 bridgehead atoms. The summed E-state index contributed by atoms with van der Waals surface area (Å²) in [5.41, 5.74) is -3.53. The van der Waals surface area contributed by atoms with Gasteiger partial charge in [0.1, 0.15) is 35.8 Å². The molecule has 6 atom stereocenters. The van der Waals surface area contributed by atoms with Crippen LogP contribution in [0.3, 0.4) is 0 Å². The Bertz CT molecular complexity index is 1400. The van der Waals surface area contributed by atoms with Crippen LogP contribution in [0.1, 0.15) is 27.0 Å². The minimum Gasteiger partial charge on any atom is -0.462 e. The van der Waals surface area contributed by atoms with E-state index in [0.29, 0.717) is 0 Å².